The predicted molar refractivity (Wildman–Crippen MR) is 88.3 cm³/mol. The Morgan fingerprint density at radius 1 is 1.31 bits per heavy atom. The predicted octanol–water partition coefficient (Wildman–Crippen LogP) is 4.76. The van der Waals surface area contributed by atoms with E-state index in [4.69, 9.17) is 0 Å². The molecule has 2 aromatic rings. The molecule has 4 nitrogen and oxygen atoms in total. The van der Waals surface area contributed by atoms with E-state index in [2.05, 4.69) is 5.10 Å². The van der Waals surface area contributed by atoms with E-state index in [-0.39, 0.29) is 17.4 Å². The van der Waals surface area contributed by atoms with Gasteiger partial charge in [0.05, 0.1) is 5.69 Å². The van der Waals surface area contributed by atoms with Crippen molar-refractivity contribution in [3.63, 3.8) is 0 Å². The summed E-state index contributed by atoms with van der Waals surface area (Å²) in [6, 6.07) is 2.21. The number of hydrogen-bond acceptors (Lipinski definition) is 3. The van der Waals surface area contributed by atoms with Crippen molar-refractivity contribution in [1.29, 1.82) is 0 Å². The van der Waals surface area contributed by atoms with Gasteiger partial charge in [-0.05, 0) is 18.1 Å². The van der Waals surface area contributed by atoms with E-state index in [1.807, 2.05) is 13.8 Å². The van der Waals surface area contributed by atoms with Gasteiger partial charge in [-0.1, -0.05) is 13.8 Å². The SMILES string of the molecule is CC(C)CSc1c(N(C=O)c2cc(F)ccc2F)c(C(F)(F)F)nn1C. The number of carbonyl (C=O) groups excluding carboxylic acids is 1. The zero-order valence-electron chi connectivity index (χ0n) is 14.1. The molecule has 0 atom stereocenters. The van der Waals surface area contributed by atoms with E-state index >= 15 is 0 Å². The molecule has 0 aliphatic rings. The molecule has 1 aromatic carbocycles. The molecule has 0 aliphatic carbocycles. The second kappa shape index (κ2) is 7.65. The molecule has 0 spiro atoms. The van der Waals surface area contributed by atoms with Gasteiger partial charge in [0, 0.05) is 18.9 Å². The minimum atomic E-state index is -4.88. The van der Waals surface area contributed by atoms with Crippen LogP contribution in [-0.2, 0) is 18.0 Å². The number of anilines is 2. The Labute approximate surface area is 151 Å². The fourth-order valence-corrected chi connectivity index (χ4v) is 3.26. The molecule has 26 heavy (non-hydrogen) atoms. The van der Waals surface area contributed by atoms with Gasteiger partial charge in [0.1, 0.15) is 22.3 Å². The molecule has 0 fully saturated rings. The smallest absolute Gasteiger partial charge is 0.278 e. The Kier molecular flexibility index (Phi) is 5.94. The van der Waals surface area contributed by atoms with Crippen LogP contribution in [0, 0.1) is 17.6 Å². The van der Waals surface area contributed by atoms with Crippen molar-refractivity contribution in [3.8, 4) is 0 Å². The van der Waals surface area contributed by atoms with Gasteiger partial charge in [-0.3, -0.25) is 14.4 Å². The Morgan fingerprint density at radius 2 is 1.96 bits per heavy atom. The maximum atomic E-state index is 14.1. The number of carbonyl (C=O) groups is 1. The van der Waals surface area contributed by atoms with Crippen LogP contribution in [0.4, 0.5) is 33.3 Å². The highest BCUT2D eigenvalue weighted by molar-refractivity contribution is 7.99. The molecule has 1 amide bonds. The lowest BCUT2D eigenvalue weighted by Gasteiger charge is -2.21. The van der Waals surface area contributed by atoms with E-state index in [1.165, 1.54) is 7.05 Å². The fraction of sp³-hybridized carbons (Fsp3) is 0.375. The molecular weight excluding hydrogens is 377 g/mol. The first kappa shape index (κ1) is 20.2. The molecule has 2 rings (SSSR count). The lowest BCUT2D eigenvalue weighted by Crippen LogP contribution is -2.20. The fourth-order valence-electron chi connectivity index (χ4n) is 2.21. The lowest BCUT2D eigenvalue weighted by molar-refractivity contribution is -0.140. The second-order valence-corrected chi connectivity index (χ2v) is 6.91. The number of amides is 1. The third kappa shape index (κ3) is 4.17. The van der Waals surface area contributed by atoms with Crippen molar-refractivity contribution in [3.05, 3.63) is 35.5 Å². The van der Waals surface area contributed by atoms with Crippen LogP contribution >= 0.6 is 11.8 Å². The number of aromatic nitrogens is 2. The Hall–Kier alpha value is -2.10. The van der Waals surface area contributed by atoms with Crippen LogP contribution in [-0.4, -0.2) is 21.9 Å². The molecule has 0 bridgehead atoms. The van der Waals surface area contributed by atoms with Crippen molar-refractivity contribution in [1.82, 2.24) is 9.78 Å². The van der Waals surface area contributed by atoms with E-state index < -0.39 is 34.9 Å². The Bertz CT molecular complexity index is 804. The molecular formula is C16H16F5N3OS. The van der Waals surface area contributed by atoms with Gasteiger partial charge < -0.3 is 0 Å². The van der Waals surface area contributed by atoms with E-state index in [0.717, 1.165) is 28.6 Å². The molecule has 1 heterocycles. The molecule has 0 N–H and O–H groups in total. The van der Waals surface area contributed by atoms with Gasteiger partial charge in [-0.15, -0.1) is 11.8 Å². The zero-order valence-corrected chi connectivity index (χ0v) is 15.0. The Morgan fingerprint density at radius 3 is 2.50 bits per heavy atom. The van der Waals surface area contributed by atoms with Gasteiger partial charge in [0.15, 0.2) is 5.69 Å². The molecule has 0 radical (unpaired) electrons. The zero-order chi connectivity index (χ0) is 19.6. The minimum Gasteiger partial charge on any atom is -0.278 e. The summed E-state index contributed by atoms with van der Waals surface area (Å²) in [6.07, 6.45) is -4.86. The quantitative estimate of drug-likeness (QED) is 0.404. The number of nitrogens with zero attached hydrogens (tertiary/aromatic N) is 3. The summed E-state index contributed by atoms with van der Waals surface area (Å²) in [6.45, 7) is 3.74. The standard InChI is InChI=1S/C16H16F5N3OS/c1-9(2)7-26-15-13(14(16(19,20)21)22-23(15)3)24(8-25)12-6-10(17)4-5-11(12)18/h4-6,8-9H,7H2,1-3H3. The summed E-state index contributed by atoms with van der Waals surface area (Å²) in [7, 11) is 1.30. The first-order valence-electron chi connectivity index (χ1n) is 7.52. The molecule has 0 saturated carbocycles. The van der Waals surface area contributed by atoms with Crippen molar-refractivity contribution >= 4 is 29.5 Å². The highest BCUT2D eigenvalue weighted by Gasteiger charge is 2.41. The van der Waals surface area contributed by atoms with Crippen LogP contribution in [0.1, 0.15) is 19.5 Å². The minimum absolute atomic E-state index is 0.0174. The molecule has 10 heteroatoms. The van der Waals surface area contributed by atoms with Crippen LogP contribution in [0.3, 0.4) is 0 Å². The first-order valence-corrected chi connectivity index (χ1v) is 8.51. The highest BCUT2D eigenvalue weighted by Crippen LogP contribution is 2.44. The number of alkyl halides is 3. The van der Waals surface area contributed by atoms with Gasteiger partial charge >= 0.3 is 6.18 Å². The molecule has 0 saturated heterocycles. The number of halogens is 5. The van der Waals surface area contributed by atoms with Crippen molar-refractivity contribution in [2.24, 2.45) is 13.0 Å². The summed E-state index contributed by atoms with van der Waals surface area (Å²) in [4.78, 5) is 12.0. The molecule has 142 valence electrons. The van der Waals surface area contributed by atoms with Crippen molar-refractivity contribution in [2.45, 2.75) is 25.0 Å². The van der Waals surface area contributed by atoms with Crippen LogP contribution in [0.5, 0.6) is 0 Å². The van der Waals surface area contributed by atoms with E-state index in [9.17, 15) is 26.7 Å². The highest BCUT2D eigenvalue weighted by atomic mass is 32.2. The van der Waals surface area contributed by atoms with Crippen LogP contribution in [0.15, 0.2) is 23.2 Å². The number of thioether (sulfide) groups is 1. The van der Waals surface area contributed by atoms with Gasteiger partial charge in [0.2, 0.25) is 6.41 Å². The van der Waals surface area contributed by atoms with Crippen molar-refractivity contribution in [2.75, 3.05) is 10.7 Å². The van der Waals surface area contributed by atoms with Crippen LogP contribution < -0.4 is 4.90 Å². The maximum absolute atomic E-state index is 14.1. The average molecular weight is 393 g/mol. The summed E-state index contributed by atoms with van der Waals surface area (Å²) < 4.78 is 68.9. The monoisotopic (exact) mass is 393 g/mol. The number of rotatable bonds is 6. The molecule has 1 aromatic heterocycles. The lowest BCUT2D eigenvalue weighted by atomic mass is 10.2. The first-order chi connectivity index (χ1) is 12.1. The Balaban J connectivity index is 2.70. The number of benzene rings is 1. The van der Waals surface area contributed by atoms with Gasteiger partial charge in [-0.2, -0.15) is 18.3 Å². The second-order valence-electron chi connectivity index (χ2n) is 5.90. The third-order valence-corrected chi connectivity index (χ3v) is 4.87. The maximum Gasteiger partial charge on any atom is 0.437 e. The average Bonchev–Trinajstić information content (AvgIpc) is 2.86. The van der Waals surface area contributed by atoms with Crippen molar-refractivity contribution < 1.29 is 26.7 Å². The third-order valence-electron chi connectivity index (χ3n) is 3.31. The summed E-state index contributed by atoms with van der Waals surface area (Å²) >= 11 is 1.05. The van der Waals surface area contributed by atoms with Gasteiger partial charge in [0.25, 0.3) is 0 Å². The van der Waals surface area contributed by atoms with Crippen LogP contribution in [0.2, 0.25) is 0 Å². The summed E-state index contributed by atoms with van der Waals surface area (Å²) in [5.74, 6) is -1.33. The molecule has 0 aliphatic heterocycles. The number of hydrogen-bond donors (Lipinski definition) is 0. The van der Waals surface area contributed by atoms with Crippen LogP contribution in [0.25, 0.3) is 0 Å². The normalized spacial score (nSPS) is 11.9. The van der Waals surface area contributed by atoms with E-state index in [1.54, 1.807) is 0 Å². The van der Waals surface area contributed by atoms with Gasteiger partial charge in [-0.25, -0.2) is 8.78 Å². The topological polar surface area (TPSA) is 38.1 Å². The number of aryl methyl sites for hydroxylation is 1. The molecule has 0 unspecified atom stereocenters. The summed E-state index contributed by atoms with van der Waals surface area (Å²) in [5, 5.41) is 3.49. The van der Waals surface area contributed by atoms with E-state index in [0.29, 0.717) is 16.7 Å². The largest absolute Gasteiger partial charge is 0.437 e. The summed E-state index contributed by atoms with van der Waals surface area (Å²) in [5.41, 5.74) is -2.59.